The molecule has 0 aliphatic heterocycles. The Bertz CT molecular complexity index is 845. The number of carbonyl (C=O) groups excluding carboxylic acids is 1. The van der Waals surface area contributed by atoms with Crippen molar-refractivity contribution in [2.24, 2.45) is 0 Å². The molecule has 2 aromatic carbocycles. The Morgan fingerprint density at radius 3 is 2.30 bits per heavy atom. The second kappa shape index (κ2) is 9.09. The van der Waals surface area contributed by atoms with E-state index in [2.05, 4.69) is 32.7 Å². The van der Waals surface area contributed by atoms with Gasteiger partial charge in [0.2, 0.25) is 0 Å². The van der Waals surface area contributed by atoms with Crippen LogP contribution in [-0.2, 0) is 13.0 Å². The molecule has 0 saturated heterocycles. The van der Waals surface area contributed by atoms with E-state index in [9.17, 15) is 4.79 Å². The number of aromatic nitrogens is 3. The first-order chi connectivity index (χ1) is 13.1. The van der Waals surface area contributed by atoms with Gasteiger partial charge in [0, 0.05) is 12.6 Å². The van der Waals surface area contributed by atoms with Gasteiger partial charge in [0.25, 0.3) is 5.91 Å². The molecule has 0 aliphatic rings. The Labute approximate surface area is 159 Å². The average Bonchev–Trinajstić information content (AvgIpc) is 3.11. The van der Waals surface area contributed by atoms with Crippen LogP contribution in [0.15, 0.2) is 66.9 Å². The normalized spacial score (nSPS) is 12.1. The van der Waals surface area contributed by atoms with Crippen LogP contribution in [0.3, 0.4) is 0 Å². The second-order valence-electron chi connectivity index (χ2n) is 6.91. The number of amides is 1. The van der Waals surface area contributed by atoms with Gasteiger partial charge in [-0.2, -0.15) is 0 Å². The smallest absolute Gasteiger partial charge is 0.273 e. The van der Waals surface area contributed by atoms with Gasteiger partial charge in [-0.15, -0.1) is 5.10 Å². The van der Waals surface area contributed by atoms with Crippen molar-refractivity contribution in [3.8, 4) is 0 Å². The minimum absolute atomic E-state index is 0.00540. The molecule has 140 valence electrons. The van der Waals surface area contributed by atoms with Gasteiger partial charge in [0.15, 0.2) is 5.69 Å². The van der Waals surface area contributed by atoms with Crippen LogP contribution in [0.4, 0.5) is 0 Å². The van der Waals surface area contributed by atoms with Crippen molar-refractivity contribution < 1.29 is 4.79 Å². The number of benzene rings is 2. The summed E-state index contributed by atoms with van der Waals surface area (Å²) in [5.74, 6) is -0.197. The maximum absolute atomic E-state index is 12.6. The fourth-order valence-electron chi connectivity index (χ4n) is 3.01. The molecule has 6 heteroatoms. The van der Waals surface area contributed by atoms with E-state index in [-0.39, 0.29) is 11.9 Å². The lowest BCUT2D eigenvalue weighted by atomic mass is 10.1. The molecule has 0 saturated carbocycles. The quantitative estimate of drug-likeness (QED) is 0.667. The van der Waals surface area contributed by atoms with Crippen LogP contribution in [0, 0.1) is 0 Å². The van der Waals surface area contributed by atoms with Crippen molar-refractivity contribution in [3.05, 3.63) is 83.7 Å². The highest BCUT2D eigenvalue weighted by atomic mass is 16.2. The van der Waals surface area contributed by atoms with Gasteiger partial charge in [-0.1, -0.05) is 65.9 Å². The molecule has 1 heterocycles. The topological polar surface area (TPSA) is 63.1 Å². The molecular formula is C21H25N5O. The number of rotatable bonds is 8. The zero-order valence-corrected chi connectivity index (χ0v) is 15.7. The zero-order valence-electron chi connectivity index (χ0n) is 15.7. The molecule has 3 rings (SSSR count). The van der Waals surface area contributed by atoms with E-state index in [1.54, 1.807) is 10.9 Å². The molecule has 1 atom stereocenters. The van der Waals surface area contributed by atoms with E-state index in [0.717, 1.165) is 18.5 Å². The van der Waals surface area contributed by atoms with E-state index >= 15 is 0 Å². The number of nitrogens with zero attached hydrogens (tertiary/aromatic N) is 4. The number of nitrogens with one attached hydrogen (secondary N) is 1. The third kappa shape index (κ3) is 5.76. The predicted octanol–water partition coefficient (Wildman–Crippen LogP) is 2.23. The van der Waals surface area contributed by atoms with Crippen molar-refractivity contribution >= 4 is 5.91 Å². The molecule has 1 aromatic heterocycles. The maximum atomic E-state index is 12.6. The molecule has 1 N–H and O–H groups in total. The van der Waals surface area contributed by atoms with Gasteiger partial charge in [-0.3, -0.25) is 4.79 Å². The lowest BCUT2D eigenvalue weighted by Gasteiger charge is -2.22. The highest BCUT2D eigenvalue weighted by Crippen LogP contribution is 2.06. The predicted molar refractivity (Wildman–Crippen MR) is 106 cm³/mol. The van der Waals surface area contributed by atoms with E-state index in [1.165, 1.54) is 5.56 Å². The summed E-state index contributed by atoms with van der Waals surface area (Å²) in [6.07, 6.45) is 2.46. The fraction of sp³-hybridized carbons (Fsp3) is 0.286. The standard InChI is InChI=1S/C21H25N5O/c1-25(2)15-19(13-17-9-5-3-6-10-17)22-21(27)20-16-26(24-23-20)14-18-11-7-4-8-12-18/h3-12,16,19H,13-15H2,1-2H3,(H,22,27). The molecule has 6 nitrogen and oxygen atoms in total. The Kier molecular flexibility index (Phi) is 6.33. The van der Waals surface area contributed by atoms with Crippen LogP contribution in [0.25, 0.3) is 0 Å². The summed E-state index contributed by atoms with van der Waals surface area (Å²) in [6, 6.07) is 20.1. The first-order valence-electron chi connectivity index (χ1n) is 9.04. The largest absolute Gasteiger partial charge is 0.346 e. The summed E-state index contributed by atoms with van der Waals surface area (Å²) in [4.78, 5) is 14.7. The summed E-state index contributed by atoms with van der Waals surface area (Å²) in [6.45, 7) is 1.34. The number of likely N-dealkylation sites (N-methyl/N-ethyl adjacent to an activating group) is 1. The monoisotopic (exact) mass is 363 g/mol. The average molecular weight is 363 g/mol. The summed E-state index contributed by atoms with van der Waals surface area (Å²) in [5.41, 5.74) is 2.64. The molecule has 3 aromatic rings. The Balaban J connectivity index is 1.64. The minimum Gasteiger partial charge on any atom is -0.346 e. The number of carbonyl (C=O) groups is 1. The van der Waals surface area contributed by atoms with Crippen LogP contribution in [0.5, 0.6) is 0 Å². The number of hydrogen-bond acceptors (Lipinski definition) is 4. The van der Waals surface area contributed by atoms with Gasteiger partial charge in [0.1, 0.15) is 0 Å². The van der Waals surface area contributed by atoms with E-state index in [1.807, 2.05) is 62.6 Å². The Morgan fingerprint density at radius 1 is 1.04 bits per heavy atom. The van der Waals surface area contributed by atoms with Gasteiger partial charge < -0.3 is 10.2 Å². The van der Waals surface area contributed by atoms with Crippen molar-refractivity contribution in [1.29, 1.82) is 0 Å². The molecule has 1 amide bonds. The molecule has 27 heavy (non-hydrogen) atoms. The van der Waals surface area contributed by atoms with Crippen LogP contribution < -0.4 is 5.32 Å². The van der Waals surface area contributed by atoms with Crippen molar-refractivity contribution in [2.75, 3.05) is 20.6 Å². The van der Waals surface area contributed by atoms with Crippen LogP contribution >= 0.6 is 0 Å². The van der Waals surface area contributed by atoms with E-state index < -0.39 is 0 Å². The Morgan fingerprint density at radius 2 is 1.67 bits per heavy atom. The first kappa shape index (κ1) is 18.8. The highest BCUT2D eigenvalue weighted by molar-refractivity contribution is 5.92. The molecule has 0 aliphatic carbocycles. The van der Waals surface area contributed by atoms with Crippen LogP contribution in [-0.4, -0.2) is 52.5 Å². The van der Waals surface area contributed by atoms with Crippen LogP contribution in [0.2, 0.25) is 0 Å². The molecule has 1 unspecified atom stereocenters. The summed E-state index contributed by atoms with van der Waals surface area (Å²) in [7, 11) is 4.00. The molecule has 0 radical (unpaired) electrons. The zero-order chi connectivity index (χ0) is 19.1. The fourth-order valence-corrected chi connectivity index (χ4v) is 3.01. The van der Waals surface area contributed by atoms with Gasteiger partial charge in [0.05, 0.1) is 12.7 Å². The van der Waals surface area contributed by atoms with Crippen LogP contribution in [0.1, 0.15) is 21.6 Å². The Hall–Kier alpha value is -2.99. The van der Waals surface area contributed by atoms with Gasteiger partial charge >= 0.3 is 0 Å². The molecule has 0 bridgehead atoms. The van der Waals surface area contributed by atoms with E-state index in [4.69, 9.17) is 0 Å². The lowest BCUT2D eigenvalue weighted by Crippen LogP contribution is -2.43. The van der Waals surface area contributed by atoms with E-state index in [0.29, 0.717) is 12.2 Å². The summed E-state index contributed by atoms with van der Waals surface area (Å²) >= 11 is 0. The first-order valence-corrected chi connectivity index (χ1v) is 9.04. The lowest BCUT2D eigenvalue weighted by molar-refractivity contribution is 0.0925. The summed E-state index contributed by atoms with van der Waals surface area (Å²) < 4.78 is 1.68. The maximum Gasteiger partial charge on any atom is 0.273 e. The summed E-state index contributed by atoms with van der Waals surface area (Å²) in [5, 5.41) is 11.2. The van der Waals surface area contributed by atoms with Crippen molar-refractivity contribution in [1.82, 2.24) is 25.2 Å². The van der Waals surface area contributed by atoms with Crippen molar-refractivity contribution in [3.63, 3.8) is 0 Å². The molecule has 0 spiro atoms. The second-order valence-corrected chi connectivity index (χ2v) is 6.91. The third-order valence-corrected chi connectivity index (χ3v) is 4.20. The van der Waals surface area contributed by atoms with Gasteiger partial charge in [-0.05, 0) is 31.6 Å². The third-order valence-electron chi connectivity index (χ3n) is 4.20. The highest BCUT2D eigenvalue weighted by Gasteiger charge is 2.18. The minimum atomic E-state index is -0.197. The molecular weight excluding hydrogens is 338 g/mol. The molecule has 0 fully saturated rings. The number of hydrogen-bond donors (Lipinski definition) is 1. The van der Waals surface area contributed by atoms with Gasteiger partial charge in [-0.25, -0.2) is 4.68 Å². The van der Waals surface area contributed by atoms with Crippen molar-refractivity contribution in [2.45, 2.75) is 19.0 Å². The SMILES string of the molecule is CN(C)CC(Cc1ccccc1)NC(=O)c1cn(Cc2ccccc2)nn1.